The molecule has 2 N–H and O–H groups in total. The summed E-state index contributed by atoms with van der Waals surface area (Å²) in [5, 5.41) is 11.5. The Kier molecular flexibility index (Phi) is 4.93. The topological polar surface area (TPSA) is 75.6 Å². The summed E-state index contributed by atoms with van der Waals surface area (Å²) in [4.78, 5) is 23.4. The van der Waals surface area contributed by atoms with Crippen LogP contribution in [-0.4, -0.2) is 29.7 Å². The molecule has 104 valence electrons. The zero-order valence-electron chi connectivity index (χ0n) is 10.6. The molecule has 0 saturated heterocycles. The number of ether oxygens (including phenoxy) is 1. The normalized spacial score (nSPS) is 15.6. The van der Waals surface area contributed by atoms with Crippen LogP contribution in [0.15, 0.2) is 12.1 Å². The zero-order valence-corrected chi connectivity index (χ0v) is 11.4. The Hall–Kier alpha value is -1.40. The molecule has 19 heavy (non-hydrogen) atoms. The lowest BCUT2D eigenvalue weighted by Gasteiger charge is -2.10. The smallest absolute Gasteiger partial charge is 0.345 e. The molecule has 1 fully saturated rings. The first-order chi connectivity index (χ1) is 9.15. The van der Waals surface area contributed by atoms with Crippen molar-refractivity contribution in [2.75, 3.05) is 6.61 Å². The van der Waals surface area contributed by atoms with E-state index < -0.39 is 5.97 Å². The van der Waals surface area contributed by atoms with Gasteiger partial charge in [-0.05, 0) is 25.0 Å². The van der Waals surface area contributed by atoms with Gasteiger partial charge in [-0.2, -0.15) is 0 Å². The fraction of sp³-hybridized carbons (Fsp3) is 0.538. The van der Waals surface area contributed by atoms with E-state index >= 15 is 0 Å². The number of carboxylic acids is 1. The summed E-state index contributed by atoms with van der Waals surface area (Å²) in [6.07, 6.45) is 4.67. The SMILES string of the molecule is O=C(COC1CCCC1)NCc1ccc(C(=O)O)s1. The van der Waals surface area contributed by atoms with E-state index in [2.05, 4.69) is 5.32 Å². The van der Waals surface area contributed by atoms with Crippen LogP contribution >= 0.6 is 11.3 Å². The van der Waals surface area contributed by atoms with Crippen LogP contribution in [0.2, 0.25) is 0 Å². The highest BCUT2D eigenvalue weighted by Crippen LogP contribution is 2.20. The molecular weight excluding hydrogens is 266 g/mol. The predicted octanol–water partition coefficient (Wildman–Crippen LogP) is 2.02. The summed E-state index contributed by atoms with van der Waals surface area (Å²) >= 11 is 1.17. The Bertz CT molecular complexity index is 451. The lowest BCUT2D eigenvalue weighted by molar-refractivity contribution is -0.127. The van der Waals surface area contributed by atoms with Crippen LogP contribution in [0.25, 0.3) is 0 Å². The van der Waals surface area contributed by atoms with E-state index in [1.807, 2.05) is 0 Å². The van der Waals surface area contributed by atoms with Crippen molar-refractivity contribution >= 4 is 23.2 Å². The van der Waals surface area contributed by atoms with Gasteiger partial charge < -0.3 is 15.2 Å². The molecule has 0 radical (unpaired) electrons. The molecule has 1 aromatic heterocycles. The molecule has 1 aliphatic carbocycles. The lowest BCUT2D eigenvalue weighted by atomic mass is 10.3. The molecule has 1 heterocycles. The maximum atomic E-state index is 11.6. The van der Waals surface area contributed by atoms with Crippen molar-refractivity contribution in [3.05, 3.63) is 21.9 Å². The maximum absolute atomic E-state index is 11.6. The van der Waals surface area contributed by atoms with Crippen LogP contribution < -0.4 is 5.32 Å². The minimum atomic E-state index is -0.938. The highest BCUT2D eigenvalue weighted by Gasteiger charge is 2.16. The van der Waals surface area contributed by atoms with Crippen LogP contribution in [0, 0.1) is 0 Å². The number of amides is 1. The highest BCUT2D eigenvalue weighted by molar-refractivity contribution is 7.13. The van der Waals surface area contributed by atoms with Gasteiger partial charge in [-0.15, -0.1) is 11.3 Å². The molecule has 1 amide bonds. The van der Waals surface area contributed by atoms with E-state index in [4.69, 9.17) is 9.84 Å². The molecule has 0 unspecified atom stereocenters. The Morgan fingerprint density at radius 2 is 2.11 bits per heavy atom. The van der Waals surface area contributed by atoms with Crippen molar-refractivity contribution in [1.29, 1.82) is 0 Å². The third-order valence-corrected chi connectivity index (χ3v) is 4.16. The number of rotatable bonds is 6. The fourth-order valence-corrected chi connectivity index (χ4v) is 2.86. The lowest BCUT2D eigenvalue weighted by Crippen LogP contribution is -2.28. The zero-order chi connectivity index (χ0) is 13.7. The quantitative estimate of drug-likeness (QED) is 0.837. The molecule has 2 rings (SSSR count). The fourth-order valence-electron chi connectivity index (χ4n) is 2.07. The number of hydrogen-bond donors (Lipinski definition) is 2. The Labute approximate surface area is 115 Å². The third kappa shape index (κ3) is 4.33. The highest BCUT2D eigenvalue weighted by atomic mass is 32.1. The van der Waals surface area contributed by atoms with Crippen molar-refractivity contribution in [3.63, 3.8) is 0 Å². The van der Waals surface area contributed by atoms with E-state index in [0.29, 0.717) is 6.54 Å². The molecule has 0 aromatic carbocycles. The van der Waals surface area contributed by atoms with Gasteiger partial charge in [-0.3, -0.25) is 4.79 Å². The van der Waals surface area contributed by atoms with E-state index in [1.54, 1.807) is 12.1 Å². The Morgan fingerprint density at radius 3 is 2.74 bits per heavy atom. The largest absolute Gasteiger partial charge is 0.477 e. The Balaban J connectivity index is 1.68. The molecule has 1 saturated carbocycles. The van der Waals surface area contributed by atoms with Crippen molar-refractivity contribution in [3.8, 4) is 0 Å². The first-order valence-electron chi connectivity index (χ1n) is 6.35. The summed E-state index contributed by atoms with van der Waals surface area (Å²) in [5.74, 6) is -1.09. The minimum Gasteiger partial charge on any atom is -0.477 e. The van der Waals surface area contributed by atoms with Gasteiger partial charge in [0.15, 0.2) is 0 Å². The summed E-state index contributed by atoms with van der Waals surface area (Å²) in [6, 6.07) is 3.26. The molecule has 5 nitrogen and oxygen atoms in total. The predicted molar refractivity (Wildman–Crippen MR) is 71.3 cm³/mol. The molecular formula is C13H17NO4S. The number of thiophene rings is 1. The van der Waals surface area contributed by atoms with Crippen molar-refractivity contribution in [1.82, 2.24) is 5.32 Å². The first-order valence-corrected chi connectivity index (χ1v) is 7.17. The number of hydrogen-bond acceptors (Lipinski definition) is 4. The van der Waals surface area contributed by atoms with E-state index in [1.165, 1.54) is 24.2 Å². The van der Waals surface area contributed by atoms with E-state index in [-0.39, 0.29) is 23.5 Å². The van der Waals surface area contributed by atoms with Crippen molar-refractivity contribution in [2.24, 2.45) is 0 Å². The van der Waals surface area contributed by atoms with Gasteiger partial charge in [0.25, 0.3) is 0 Å². The second kappa shape index (κ2) is 6.68. The number of nitrogens with one attached hydrogen (secondary N) is 1. The van der Waals surface area contributed by atoms with Gasteiger partial charge in [0.05, 0.1) is 12.6 Å². The molecule has 1 aromatic rings. The standard InChI is InChI=1S/C13H17NO4S/c15-12(8-18-9-3-1-2-4-9)14-7-10-5-6-11(19-10)13(16)17/h5-6,9H,1-4,7-8H2,(H,14,15)(H,16,17). The van der Waals surface area contributed by atoms with Gasteiger partial charge in [0.2, 0.25) is 5.91 Å². The molecule has 0 bridgehead atoms. The second-order valence-electron chi connectivity index (χ2n) is 4.57. The van der Waals surface area contributed by atoms with Crippen molar-refractivity contribution < 1.29 is 19.4 Å². The van der Waals surface area contributed by atoms with Gasteiger partial charge in [0.1, 0.15) is 11.5 Å². The monoisotopic (exact) mass is 283 g/mol. The second-order valence-corrected chi connectivity index (χ2v) is 5.73. The van der Waals surface area contributed by atoms with Gasteiger partial charge in [-0.25, -0.2) is 4.79 Å². The van der Waals surface area contributed by atoms with Crippen LogP contribution in [0.5, 0.6) is 0 Å². The summed E-state index contributed by atoms with van der Waals surface area (Å²) in [5.41, 5.74) is 0. The molecule has 0 spiro atoms. The van der Waals surface area contributed by atoms with Gasteiger partial charge >= 0.3 is 5.97 Å². The van der Waals surface area contributed by atoms with Crippen LogP contribution in [0.3, 0.4) is 0 Å². The molecule has 1 aliphatic rings. The molecule has 0 atom stereocenters. The maximum Gasteiger partial charge on any atom is 0.345 e. The summed E-state index contributed by atoms with van der Waals surface area (Å²) < 4.78 is 5.49. The van der Waals surface area contributed by atoms with Crippen molar-refractivity contribution in [2.45, 2.75) is 38.3 Å². The van der Waals surface area contributed by atoms with E-state index in [0.717, 1.165) is 17.7 Å². The van der Waals surface area contributed by atoms with Crippen LogP contribution in [-0.2, 0) is 16.1 Å². The Morgan fingerprint density at radius 1 is 1.37 bits per heavy atom. The molecule has 0 aliphatic heterocycles. The number of carbonyl (C=O) groups excluding carboxylic acids is 1. The van der Waals surface area contributed by atoms with E-state index in [9.17, 15) is 9.59 Å². The average molecular weight is 283 g/mol. The number of carbonyl (C=O) groups is 2. The third-order valence-electron chi connectivity index (χ3n) is 3.08. The number of aromatic carboxylic acids is 1. The first kappa shape index (κ1) is 14.0. The van der Waals surface area contributed by atoms with Gasteiger partial charge in [-0.1, -0.05) is 12.8 Å². The van der Waals surface area contributed by atoms with Crippen LogP contribution in [0.1, 0.15) is 40.2 Å². The number of carboxylic acid groups (broad SMARTS) is 1. The average Bonchev–Trinajstić information content (AvgIpc) is 3.05. The minimum absolute atomic E-state index is 0.0851. The summed E-state index contributed by atoms with van der Waals surface area (Å²) in [6.45, 7) is 0.437. The van der Waals surface area contributed by atoms with Gasteiger partial charge in [0, 0.05) is 4.88 Å². The van der Waals surface area contributed by atoms with Crippen LogP contribution in [0.4, 0.5) is 0 Å². The summed E-state index contributed by atoms with van der Waals surface area (Å²) in [7, 11) is 0. The molecule has 6 heteroatoms.